The first kappa shape index (κ1) is 21.6. The molecule has 1 aliphatic rings. The third-order valence-electron chi connectivity index (χ3n) is 4.77. The summed E-state index contributed by atoms with van der Waals surface area (Å²) in [6.45, 7) is 4.24. The predicted molar refractivity (Wildman–Crippen MR) is 108 cm³/mol. The lowest BCUT2D eigenvalue weighted by molar-refractivity contribution is -0.312. The third kappa shape index (κ3) is 5.96. The molecule has 29 heavy (non-hydrogen) atoms. The average molecular weight is 400 g/mol. The maximum atomic E-state index is 10.5. The summed E-state index contributed by atoms with van der Waals surface area (Å²) in [6, 6.07) is 19.4. The van der Waals surface area contributed by atoms with Crippen molar-refractivity contribution in [3.05, 3.63) is 84.4 Å². The summed E-state index contributed by atoms with van der Waals surface area (Å²) in [5, 5.41) is 20.3. The van der Waals surface area contributed by atoms with Gasteiger partial charge in [0.2, 0.25) is 0 Å². The molecular formula is C23H28O6. The van der Waals surface area contributed by atoms with E-state index in [1.807, 2.05) is 60.7 Å². The summed E-state index contributed by atoms with van der Waals surface area (Å²) in [4.78, 5) is 0. The van der Waals surface area contributed by atoms with Crippen LogP contribution in [0, 0.1) is 0 Å². The largest absolute Gasteiger partial charge is 0.394 e. The fourth-order valence-electron chi connectivity index (χ4n) is 3.32. The summed E-state index contributed by atoms with van der Waals surface area (Å²) in [5.41, 5.74) is 1.95. The van der Waals surface area contributed by atoms with Crippen LogP contribution in [0.3, 0.4) is 0 Å². The smallest absolute Gasteiger partial charge is 0.184 e. The zero-order valence-corrected chi connectivity index (χ0v) is 16.3. The molecule has 1 fully saturated rings. The van der Waals surface area contributed by atoms with E-state index in [2.05, 4.69) is 6.58 Å². The Bertz CT molecular complexity index is 723. The minimum atomic E-state index is -1.25. The van der Waals surface area contributed by atoms with Gasteiger partial charge in [-0.3, -0.25) is 0 Å². The Morgan fingerprint density at radius 2 is 1.38 bits per heavy atom. The van der Waals surface area contributed by atoms with E-state index in [4.69, 9.17) is 18.9 Å². The molecule has 2 aromatic carbocycles. The van der Waals surface area contributed by atoms with Gasteiger partial charge in [-0.05, 0) is 11.1 Å². The van der Waals surface area contributed by atoms with Gasteiger partial charge in [-0.2, -0.15) is 0 Å². The van der Waals surface area contributed by atoms with Crippen molar-refractivity contribution in [2.45, 2.75) is 43.9 Å². The molecular weight excluding hydrogens is 372 g/mol. The van der Waals surface area contributed by atoms with E-state index < -0.39 is 30.7 Å². The molecule has 1 heterocycles. The van der Waals surface area contributed by atoms with Crippen LogP contribution >= 0.6 is 0 Å². The molecule has 0 bridgehead atoms. The lowest BCUT2D eigenvalue weighted by Gasteiger charge is -2.44. The number of hydrogen-bond acceptors (Lipinski definition) is 6. The Labute approximate surface area is 171 Å². The molecule has 0 spiro atoms. The van der Waals surface area contributed by atoms with E-state index in [0.717, 1.165) is 11.1 Å². The van der Waals surface area contributed by atoms with Crippen molar-refractivity contribution in [2.75, 3.05) is 13.2 Å². The molecule has 5 atom stereocenters. The van der Waals surface area contributed by atoms with Gasteiger partial charge in [0.1, 0.15) is 24.4 Å². The molecule has 0 aliphatic carbocycles. The number of benzene rings is 2. The van der Waals surface area contributed by atoms with Gasteiger partial charge in [-0.25, -0.2) is 0 Å². The number of hydrogen-bond donors (Lipinski definition) is 2. The van der Waals surface area contributed by atoms with Gasteiger partial charge in [-0.15, -0.1) is 6.58 Å². The van der Waals surface area contributed by atoms with Crippen LogP contribution in [0.15, 0.2) is 73.3 Å². The molecule has 2 N–H and O–H groups in total. The van der Waals surface area contributed by atoms with Crippen LogP contribution in [0.4, 0.5) is 0 Å². The normalized spacial score (nSPS) is 26.9. The topological polar surface area (TPSA) is 77.4 Å². The fraction of sp³-hybridized carbons (Fsp3) is 0.391. The Hall–Kier alpha value is -2.06. The molecule has 6 heteroatoms. The zero-order chi connectivity index (χ0) is 20.5. The van der Waals surface area contributed by atoms with Crippen LogP contribution in [-0.2, 0) is 32.2 Å². The van der Waals surface area contributed by atoms with Crippen molar-refractivity contribution in [1.82, 2.24) is 0 Å². The van der Waals surface area contributed by atoms with E-state index in [9.17, 15) is 10.2 Å². The molecule has 3 rings (SSSR count). The van der Waals surface area contributed by atoms with Crippen molar-refractivity contribution < 1.29 is 29.2 Å². The van der Waals surface area contributed by atoms with Crippen LogP contribution in [-0.4, -0.2) is 54.1 Å². The van der Waals surface area contributed by atoms with Gasteiger partial charge in [-0.1, -0.05) is 66.7 Å². The highest BCUT2D eigenvalue weighted by Crippen LogP contribution is 2.28. The first-order valence-electron chi connectivity index (χ1n) is 9.71. The average Bonchev–Trinajstić information content (AvgIpc) is 2.77. The molecule has 156 valence electrons. The second-order valence-electron chi connectivity index (χ2n) is 6.86. The van der Waals surface area contributed by atoms with Crippen LogP contribution in [0.1, 0.15) is 11.1 Å². The highest BCUT2D eigenvalue weighted by atomic mass is 16.7. The molecule has 0 unspecified atom stereocenters. The maximum Gasteiger partial charge on any atom is 0.184 e. The van der Waals surface area contributed by atoms with E-state index >= 15 is 0 Å². The summed E-state index contributed by atoms with van der Waals surface area (Å²) < 4.78 is 23.6. The highest BCUT2D eigenvalue weighted by Gasteiger charge is 2.47. The third-order valence-corrected chi connectivity index (χ3v) is 4.77. The first-order valence-corrected chi connectivity index (χ1v) is 9.71. The van der Waals surface area contributed by atoms with E-state index in [0.29, 0.717) is 6.61 Å². The predicted octanol–water partition coefficient (Wildman–Crippen LogP) is 2.44. The lowest BCUT2D eigenvalue weighted by atomic mass is 9.98. The summed E-state index contributed by atoms with van der Waals surface area (Å²) in [6.07, 6.45) is -2.40. The lowest BCUT2D eigenvalue weighted by Crippen LogP contribution is -2.61. The minimum absolute atomic E-state index is 0.256. The van der Waals surface area contributed by atoms with Gasteiger partial charge < -0.3 is 29.2 Å². The van der Waals surface area contributed by atoms with Crippen LogP contribution in [0.2, 0.25) is 0 Å². The minimum Gasteiger partial charge on any atom is -0.394 e. The molecule has 0 saturated carbocycles. The Kier molecular flexibility index (Phi) is 8.37. The van der Waals surface area contributed by atoms with Crippen molar-refractivity contribution in [2.24, 2.45) is 0 Å². The summed E-state index contributed by atoms with van der Waals surface area (Å²) in [5.74, 6) is 0. The van der Waals surface area contributed by atoms with E-state index in [-0.39, 0.29) is 19.8 Å². The monoisotopic (exact) mass is 400 g/mol. The molecule has 0 aromatic heterocycles. The highest BCUT2D eigenvalue weighted by molar-refractivity contribution is 5.14. The SMILES string of the molecule is C=CCO[C@@H]1[C@@H](OCc2ccccc2)[C@H](O)O[C@H](CO)[C@H]1OCc1ccccc1. The van der Waals surface area contributed by atoms with Crippen LogP contribution in [0.5, 0.6) is 0 Å². The number of ether oxygens (including phenoxy) is 4. The summed E-state index contributed by atoms with van der Waals surface area (Å²) in [7, 11) is 0. The van der Waals surface area contributed by atoms with Gasteiger partial charge in [0.15, 0.2) is 6.29 Å². The Morgan fingerprint density at radius 3 is 1.90 bits per heavy atom. The van der Waals surface area contributed by atoms with Gasteiger partial charge in [0.25, 0.3) is 0 Å². The quantitative estimate of drug-likeness (QED) is 0.597. The standard InChI is InChI=1S/C23H28O6/c1-2-13-26-21-20(27-15-17-9-5-3-6-10-17)19(14-24)29-23(25)22(21)28-16-18-11-7-4-8-12-18/h2-12,19-25H,1,13-16H2/t19-,20-,21+,22-,23-/m1/s1. The van der Waals surface area contributed by atoms with Crippen molar-refractivity contribution in [3.8, 4) is 0 Å². The Morgan fingerprint density at radius 1 is 0.828 bits per heavy atom. The molecule has 6 nitrogen and oxygen atoms in total. The zero-order valence-electron chi connectivity index (χ0n) is 16.3. The molecule has 0 radical (unpaired) electrons. The van der Waals surface area contributed by atoms with Crippen molar-refractivity contribution >= 4 is 0 Å². The second-order valence-corrected chi connectivity index (χ2v) is 6.86. The first-order chi connectivity index (χ1) is 14.2. The molecule has 2 aromatic rings. The van der Waals surface area contributed by atoms with Crippen molar-refractivity contribution in [1.29, 1.82) is 0 Å². The fourth-order valence-corrected chi connectivity index (χ4v) is 3.32. The number of aliphatic hydroxyl groups is 2. The van der Waals surface area contributed by atoms with E-state index in [1.165, 1.54) is 0 Å². The maximum absolute atomic E-state index is 10.5. The van der Waals surface area contributed by atoms with Gasteiger partial charge >= 0.3 is 0 Å². The van der Waals surface area contributed by atoms with E-state index in [1.54, 1.807) is 6.08 Å². The Balaban J connectivity index is 1.74. The van der Waals surface area contributed by atoms with Crippen molar-refractivity contribution in [3.63, 3.8) is 0 Å². The van der Waals surface area contributed by atoms with Crippen LogP contribution < -0.4 is 0 Å². The second kappa shape index (κ2) is 11.2. The summed E-state index contributed by atoms with van der Waals surface area (Å²) >= 11 is 0. The number of rotatable bonds is 10. The molecule has 1 aliphatic heterocycles. The molecule has 1 saturated heterocycles. The number of aliphatic hydroxyl groups excluding tert-OH is 2. The molecule has 0 amide bonds. The van der Waals surface area contributed by atoms with Crippen LogP contribution in [0.25, 0.3) is 0 Å². The van der Waals surface area contributed by atoms with Gasteiger partial charge in [0, 0.05) is 0 Å². The van der Waals surface area contributed by atoms with Gasteiger partial charge in [0.05, 0.1) is 26.4 Å².